The Morgan fingerprint density at radius 3 is 2.55 bits per heavy atom. The van der Waals surface area contributed by atoms with Crippen molar-refractivity contribution < 1.29 is 27.9 Å². The summed E-state index contributed by atoms with van der Waals surface area (Å²) in [4.78, 5) is 23.0. The van der Waals surface area contributed by atoms with Crippen molar-refractivity contribution in [3.63, 3.8) is 0 Å². The number of nitrogens with one attached hydrogen (secondary N) is 2. The number of alkyl halides is 3. The van der Waals surface area contributed by atoms with Gasteiger partial charge in [-0.25, -0.2) is 0 Å². The third-order valence-corrected chi connectivity index (χ3v) is 2.89. The predicted molar refractivity (Wildman–Crippen MR) is 74.0 cm³/mol. The van der Waals surface area contributed by atoms with Crippen molar-refractivity contribution in [2.45, 2.75) is 32.0 Å². The van der Waals surface area contributed by atoms with Gasteiger partial charge in [-0.05, 0) is 31.0 Å². The molecule has 5 nitrogen and oxygen atoms in total. The van der Waals surface area contributed by atoms with E-state index in [0.29, 0.717) is 12.8 Å². The number of amides is 2. The zero-order valence-electron chi connectivity index (χ0n) is 11.9. The second-order valence-electron chi connectivity index (χ2n) is 4.64. The van der Waals surface area contributed by atoms with Crippen LogP contribution in [0.25, 0.3) is 0 Å². The van der Waals surface area contributed by atoms with Crippen LogP contribution in [0.2, 0.25) is 0 Å². The molecule has 0 spiro atoms. The van der Waals surface area contributed by atoms with Crippen LogP contribution in [0.5, 0.6) is 0 Å². The molecule has 0 aliphatic rings. The molecule has 3 N–H and O–H groups in total. The van der Waals surface area contributed by atoms with Gasteiger partial charge in [0, 0.05) is 12.2 Å². The van der Waals surface area contributed by atoms with E-state index in [1.165, 1.54) is 6.07 Å². The minimum atomic E-state index is -4.53. The van der Waals surface area contributed by atoms with Crippen molar-refractivity contribution in [3.05, 3.63) is 29.8 Å². The van der Waals surface area contributed by atoms with Crippen LogP contribution >= 0.6 is 0 Å². The minimum Gasteiger partial charge on any atom is -0.393 e. The molecule has 22 heavy (non-hydrogen) atoms. The molecule has 0 aliphatic heterocycles. The summed E-state index contributed by atoms with van der Waals surface area (Å²) in [6, 6.07) is 3.99. The summed E-state index contributed by atoms with van der Waals surface area (Å²) in [7, 11) is 0. The smallest absolute Gasteiger partial charge is 0.393 e. The van der Waals surface area contributed by atoms with Crippen molar-refractivity contribution in [3.8, 4) is 0 Å². The van der Waals surface area contributed by atoms with Gasteiger partial charge in [0.25, 0.3) is 0 Å². The van der Waals surface area contributed by atoms with E-state index in [0.717, 1.165) is 18.2 Å². The number of halogens is 3. The van der Waals surface area contributed by atoms with Gasteiger partial charge in [-0.15, -0.1) is 0 Å². The lowest BCUT2D eigenvalue weighted by molar-refractivity contribution is -0.137. The quantitative estimate of drug-likeness (QED) is 0.726. The molecule has 0 heterocycles. The SMILES string of the molecule is CCC(O)CCNC(=O)C(=O)Nc1cccc(C(F)(F)F)c1. The third kappa shape index (κ3) is 5.72. The van der Waals surface area contributed by atoms with Crippen molar-refractivity contribution in [1.29, 1.82) is 0 Å². The van der Waals surface area contributed by atoms with E-state index in [1.54, 1.807) is 6.92 Å². The van der Waals surface area contributed by atoms with Crippen LogP contribution in [0.1, 0.15) is 25.3 Å². The second-order valence-corrected chi connectivity index (χ2v) is 4.64. The Labute approximate surface area is 125 Å². The molecule has 122 valence electrons. The number of aliphatic hydroxyl groups is 1. The van der Waals surface area contributed by atoms with E-state index < -0.39 is 29.7 Å². The molecule has 0 bridgehead atoms. The molecule has 1 atom stereocenters. The van der Waals surface area contributed by atoms with Gasteiger partial charge in [0.1, 0.15) is 0 Å². The summed E-state index contributed by atoms with van der Waals surface area (Å²) in [6.45, 7) is 1.87. The monoisotopic (exact) mass is 318 g/mol. The molecule has 0 aromatic heterocycles. The largest absolute Gasteiger partial charge is 0.416 e. The van der Waals surface area contributed by atoms with Crippen LogP contribution in [-0.2, 0) is 15.8 Å². The van der Waals surface area contributed by atoms with Crippen LogP contribution in [0.3, 0.4) is 0 Å². The van der Waals surface area contributed by atoms with Crippen molar-refractivity contribution in [1.82, 2.24) is 5.32 Å². The lowest BCUT2D eigenvalue weighted by Crippen LogP contribution is -2.36. The average Bonchev–Trinajstić information content (AvgIpc) is 2.46. The Bertz CT molecular complexity index is 532. The van der Waals surface area contributed by atoms with Gasteiger partial charge in [-0.2, -0.15) is 13.2 Å². The summed E-state index contributed by atoms with van der Waals surface area (Å²) in [5.74, 6) is -2.04. The molecule has 0 saturated carbocycles. The topological polar surface area (TPSA) is 78.4 Å². The summed E-state index contributed by atoms with van der Waals surface area (Å²) >= 11 is 0. The highest BCUT2D eigenvalue weighted by Gasteiger charge is 2.30. The Kier molecular flexibility index (Phi) is 6.36. The zero-order chi connectivity index (χ0) is 16.8. The van der Waals surface area contributed by atoms with Crippen molar-refractivity contribution in [2.75, 3.05) is 11.9 Å². The fourth-order valence-corrected chi connectivity index (χ4v) is 1.60. The fourth-order valence-electron chi connectivity index (χ4n) is 1.60. The van der Waals surface area contributed by atoms with Crippen LogP contribution in [0.15, 0.2) is 24.3 Å². The minimum absolute atomic E-state index is 0.101. The van der Waals surface area contributed by atoms with Gasteiger partial charge in [-0.1, -0.05) is 13.0 Å². The molecular formula is C14H17F3N2O3. The third-order valence-electron chi connectivity index (χ3n) is 2.89. The predicted octanol–water partition coefficient (Wildman–Crippen LogP) is 1.92. The number of hydrogen-bond acceptors (Lipinski definition) is 3. The Morgan fingerprint density at radius 2 is 1.95 bits per heavy atom. The molecule has 0 aliphatic carbocycles. The number of rotatable bonds is 5. The molecule has 8 heteroatoms. The van der Waals surface area contributed by atoms with Gasteiger partial charge >= 0.3 is 18.0 Å². The first-order valence-electron chi connectivity index (χ1n) is 6.68. The molecule has 1 aromatic carbocycles. The molecule has 1 unspecified atom stereocenters. The average molecular weight is 318 g/mol. The highest BCUT2D eigenvalue weighted by atomic mass is 19.4. The summed E-state index contributed by atoms with van der Waals surface area (Å²) in [5, 5.41) is 13.7. The van der Waals surface area contributed by atoms with E-state index in [1.807, 2.05) is 0 Å². The maximum absolute atomic E-state index is 12.5. The Morgan fingerprint density at radius 1 is 1.27 bits per heavy atom. The van der Waals surface area contributed by atoms with Crippen molar-refractivity contribution in [2.24, 2.45) is 0 Å². The zero-order valence-corrected chi connectivity index (χ0v) is 11.9. The van der Waals surface area contributed by atoms with Gasteiger partial charge in [0.2, 0.25) is 0 Å². The number of aliphatic hydroxyl groups excluding tert-OH is 1. The number of hydrogen-bond donors (Lipinski definition) is 3. The van der Waals surface area contributed by atoms with Crippen LogP contribution in [0.4, 0.5) is 18.9 Å². The van der Waals surface area contributed by atoms with Crippen LogP contribution in [0, 0.1) is 0 Å². The number of carbonyl (C=O) groups excluding carboxylic acids is 2. The molecule has 1 aromatic rings. The standard InChI is InChI=1S/C14H17F3N2O3/c1-2-11(20)6-7-18-12(21)13(22)19-10-5-3-4-9(8-10)14(15,16)17/h3-5,8,11,20H,2,6-7H2,1H3,(H,18,21)(H,19,22). The molecule has 1 rings (SSSR count). The number of benzene rings is 1. The lowest BCUT2D eigenvalue weighted by atomic mass is 10.2. The van der Waals surface area contributed by atoms with Crippen LogP contribution in [-0.4, -0.2) is 29.6 Å². The van der Waals surface area contributed by atoms with Gasteiger partial charge in [-0.3, -0.25) is 9.59 Å². The van der Waals surface area contributed by atoms with E-state index >= 15 is 0 Å². The van der Waals surface area contributed by atoms with E-state index in [4.69, 9.17) is 0 Å². The van der Waals surface area contributed by atoms with Crippen molar-refractivity contribution >= 4 is 17.5 Å². The first-order chi connectivity index (χ1) is 10.2. The highest BCUT2D eigenvalue weighted by Crippen LogP contribution is 2.30. The molecule has 0 fully saturated rings. The first-order valence-corrected chi connectivity index (χ1v) is 6.68. The normalized spacial score (nSPS) is 12.6. The van der Waals surface area contributed by atoms with Gasteiger partial charge in [0.05, 0.1) is 11.7 Å². The van der Waals surface area contributed by atoms with E-state index in [-0.39, 0.29) is 12.2 Å². The van der Waals surface area contributed by atoms with E-state index in [9.17, 15) is 27.9 Å². The molecule has 0 saturated heterocycles. The second kappa shape index (κ2) is 7.79. The fraction of sp³-hybridized carbons (Fsp3) is 0.429. The Hall–Kier alpha value is -2.09. The lowest BCUT2D eigenvalue weighted by Gasteiger charge is -2.11. The van der Waals surface area contributed by atoms with Crippen LogP contribution < -0.4 is 10.6 Å². The Balaban J connectivity index is 2.56. The maximum atomic E-state index is 12.5. The first kappa shape index (κ1) is 18.0. The maximum Gasteiger partial charge on any atom is 0.416 e. The highest BCUT2D eigenvalue weighted by molar-refractivity contribution is 6.39. The summed E-state index contributed by atoms with van der Waals surface area (Å²) in [5.41, 5.74) is -1.04. The summed E-state index contributed by atoms with van der Waals surface area (Å²) < 4.78 is 37.6. The van der Waals surface area contributed by atoms with Gasteiger partial charge < -0.3 is 15.7 Å². The van der Waals surface area contributed by atoms with Gasteiger partial charge in [0.15, 0.2) is 0 Å². The number of carbonyl (C=O) groups is 2. The molecule has 2 amide bonds. The number of anilines is 1. The summed E-state index contributed by atoms with van der Waals surface area (Å²) in [6.07, 6.45) is -4.29. The molecular weight excluding hydrogens is 301 g/mol. The van der Waals surface area contributed by atoms with E-state index in [2.05, 4.69) is 10.6 Å². The molecule has 0 radical (unpaired) electrons.